The summed E-state index contributed by atoms with van der Waals surface area (Å²) in [7, 11) is 0. The number of benzene rings is 2. The SMILES string of the molecule is O=C(Cn1nc2c(c1NC(=O)c1cccc([N+](=O)[O-])c1)CSC2)NCCc1ccccc1. The van der Waals surface area contributed by atoms with Gasteiger partial charge in [0, 0.05) is 41.3 Å². The summed E-state index contributed by atoms with van der Waals surface area (Å²) in [5.41, 5.74) is 2.85. The van der Waals surface area contributed by atoms with Gasteiger partial charge in [-0.3, -0.25) is 19.7 Å². The Morgan fingerprint density at radius 3 is 2.72 bits per heavy atom. The van der Waals surface area contributed by atoms with E-state index in [4.69, 9.17) is 0 Å². The summed E-state index contributed by atoms with van der Waals surface area (Å²) in [5, 5.41) is 21.2. The summed E-state index contributed by atoms with van der Waals surface area (Å²) in [4.78, 5) is 35.7. The number of hydrogen-bond acceptors (Lipinski definition) is 6. The van der Waals surface area contributed by atoms with Crippen molar-refractivity contribution in [1.82, 2.24) is 15.1 Å². The average molecular weight is 452 g/mol. The third-order valence-electron chi connectivity index (χ3n) is 5.04. The van der Waals surface area contributed by atoms with Crippen LogP contribution in [-0.2, 0) is 29.3 Å². The van der Waals surface area contributed by atoms with Gasteiger partial charge in [0.2, 0.25) is 5.91 Å². The van der Waals surface area contributed by atoms with Crippen LogP contribution in [-0.4, -0.2) is 33.1 Å². The first-order chi connectivity index (χ1) is 15.5. The molecule has 4 rings (SSSR count). The van der Waals surface area contributed by atoms with E-state index in [-0.39, 0.29) is 23.7 Å². The number of nitrogens with one attached hydrogen (secondary N) is 2. The van der Waals surface area contributed by atoms with Crippen molar-refractivity contribution in [2.24, 2.45) is 0 Å². The minimum Gasteiger partial charge on any atom is -0.354 e. The number of nitrogens with zero attached hydrogens (tertiary/aromatic N) is 3. The van der Waals surface area contributed by atoms with E-state index in [1.165, 1.54) is 28.9 Å². The van der Waals surface area contributed by atoms with Crippen molar-refractivity contribution in [1.29, 1.82) is 0 Å². The van der Waals surface area contributed by atoms with Crippen molar-refractivity contribution in [3.8, 4) is 0 Å². The van der Waals surface area contributed by atoms with Gasteiger partial charge in [0.05, 0.1) is 10.6 Å². The molecule has 0 fully saturated rings. The minimum absolute atomic E-state index is 0.0307. The average Bonchev–Trinajstić information content (AvgIpc) is 3.37. The normalized spacial score (nSPS) is 12.2. The molecule has 0 atom stereocenters. The maximum atomic E-state index is 12.8. The topological polar surface area (TPSA) is 119 Å². The molecule has 164 valence electrons. The summed E-state index contributed by atoms with van der Waals surface area (Å²) in [6.45, 7) is 0.464. The number of fused-ring (bicyclic) bond motifs is 1. The van der Waals surface area contributed by atoms with E-state index in [1.54, 1.807) is 11.8 Å². The number of carbonyl (C=O) groups excluding carboxylic acids is 2. The van der Waals surface area contributed by atoms with Gasteiger partial charge in [-0.15, -0.1) is 0 Å². The first-order valence-corrected chi connectivity index (χ1v) is 11.2. The quantitative estimate of drug-likeness (QED) is 0.401. The van der Waals surface area contributed by atoms with Gasteiger partial charge in [0.15, 0.2) is 0 Å². The Bertz CT molecular complexity index is 1160. The number of rotatable bonds is 8. The zero-order valence-electron chi connectivity index (χ0n) is 17.1. The Labute approximate surface area is 188 Å². The third-order valence-corrected chi connectivity index (χ3v) is 6.01. The number of carbonyl (C=O) groups is 2. The molecule has 0 aliphatic carbocycles. The lowest BCUT2D eigenvalue weighted by Crippen LogP contribution is -2.30. The van der Waals surface area contributed by atoms with Gasteiger partial charge in [-0.05, 0) is 18.1 Å². The van der Waals surface area contributed by atoms with Crippen molar-refractivity contribution in [2.45, 2.75) is 24.5 Å². The lowest BCUT2D eigenvalue weighted by molar-refractivity contribution is -0.384. The van der Waals surface area contributed by atoms with E-state index in [1.807, 2.05) is 30.3 Å². The fourth-order valence-corrected chi connectivity index (χ4v) is 4.48. The maximum absolute atomic E-state index is 12.8. The van der Waals surface area contributed by atoms with Gasteiger partial charge in [0.1, 0.15) is 12.4 Å². The van der Waals surface area contributed by atoms with Crippen molar-refractivity contribution in [3.63, 3.8) is 0 Å². The number of thioether (sulfide) groups is 1. The molecule has 2 amide bonds. The minimum atomic E-state index is -0.546. The van der Waals surface area contributed by atoms with Crippen LogP contribution in [0.4, 0.5) is 11.5 Å². The van der Waals surface area contributed by atoms with E-state index < -0.39 is 10.8 Å². The summed E-state index contributed by atoms with van der Waals surface area (Å²) in [6.07, 6.45) is 0.717. The molecular weight excluding hydrogens is 430 g/mol. The number of anilines is 1. The van der Waals surface area contributed by atoms with Crippen LogP contribution in [0.2, 0.25) is 0 Å². The van der Waals surface area contributed by atoms with Crippen LogP contribution in [0, 0.1) is 10.1 Å². The van der Waals surface area contributed by atoms with E-state index >= 15 is 0 Å². The van der Waals surface area contributed by atoms with Crippen LogP contribution in [0.25, 0.3) is 0 Å². The Hall–Kier alpha value is -3.66. The molecule has 0 saturated heterocycles. The lowest BCUT2D eigenvalue weighted by Gasteiger charge is -2.11. The molecule has 32 heavy (non-hydrogen) atoms. The summed E-state index contributed by atoms with van der Waals surface area (Å²) in [5.74, 6) is 1.15. The van der Waals surface area contributed by atoms with Crippen LogP contribution in [0.5, 0.6) is 0 Å². The van der Waals surface area contributed by atoms with E-state index in [0.717, 1.165) is 23.2 Å². The molecule has 2 heterocycles. The van der Waals surface area contributed by atoms with Gasteiger partial charge >= 0.3 is 0 Å². The molecule has 0 bridgehead atoms. The summed E-state index contributed by atoms with van der Waals surface area (Å²) < 4.78 is 1.50. The first-order valence-electron chi connectivity index (χ1n) is 10.0. The first kappa shape index (κ1) is 21.6. The van der Waals surface area contributed by atoms with E-state index in [2.05, 4.69) is 15.7 Å². The van der Waals surface area contributed by atoms with Crippen molar-refractivity contribution in [2.75, 3.05) is 11.9 Å². The highest BCUT2D eigenvalue weighted by Crippen LogP contribution is 2.35. The predicted octanol–water partition coefficient (Wildman–Crippen LogP) is 3.15. The van der Waals surface area contributed by atoms with Gasteiger partial charge in [-0.1, -0.05) is 36.4 Å². The van der Waals surface area contributed by atoms with E-state index in [9.17, 15) is 19.7 Å². The predicted molar refractivity (Wildman–Crippen MR) is 121 cm³/mol. The third kappa shape index (κ3) is 4.97. The lowest BCUT2D eigenvalue weighted by atomic mass is 10.1. The van der Waals surface area contributed by atoms with Crippen LogP contribution in [0.15, 0.2) is 54.6 Å². The second kappa shape index (κ2) is 9.65. The molecule has 2 aromatic carbocycles. The van der Waals surface area contributed by atoms with Crippen LogP contribution < -0.4 is 10.6 Å². The number of nitro benzene ring substituents is 1. The molecular formula is C22H21N5O4S. The Kier molecular flexibility index (Phi) is 6.50. The number of nitro groups is 1. The number of hydrogen-bond donors (Lipinski definition) is 2. The molecule has 1 aliphatic rings. The van der Waals surface area contributed by atoms with Crippen LogP contribution in [0.1, 0.15) is 27.2 Å². The highest BCUT2D eigenvalue weighted by Gasteiger charge is 2.25. The second-order valence-corrected chi connectivity index (χ2v) is 8.26. The van der Waals surface area contributed by atoms with Gasteiger partial charge in [0.25, 0.3) is 11.6 Å². The number of non-ortho nitro benzene ring substituents is 1. The maximum Gasteiger partial charge on any atom is 0.270 e. The standard InChI is InChI=1S/C22H21N5O4S/c28-20(23-10-9-15-5-2-1-3-6-15)12-26-21(18-13-32-14-19(18)25-26)24-22(29)16-7-4-8-17(11-16)27(30)31/h1-8,11H,9-10,12-14H2,(H,23,28)(H,24,29). The molecule has 9 nitrogen and oxygen atoms in total. The number of amides is 2. The number of aromatic nitrogens is 2. The highest BCUT2D eigenvalue weighted by atomic mass is 32.2. The van der Waals surface area contributed by atoms with Crippen LogP contribution >= 0.6 is 11.8 Å². The monoisotopic (exact) mass is 451 g/mol. The molecule has 1 aromatic heterocycles. The fraction of sp³-hybridized carbons (Fsp3) is 0.227. The Morgan fingerprint density at radius 2 is 1.94 bits per heavy atom. The Morgan fingerprint density at radius 1 is 1.12 bits per heavy atom. The smallest absolute Gasteiger partial charge is 0.270 e. The summed E-state index contributed by atoms with van der Waals surface area (Å²) >= 11 is 1.68. The fourth-order valence-electron chi connectivity index (χ4n) is 3.44. The van der Waals surface area contributed by atoms with Crippen molar-refractivity contribution < 1.29 is 14.5 Å². The Balaban J connectivity index is 1.45. The van der Waals surface area contributed by atoms with Crippen molar-refractivity contribution >= 4 is 35.1 Å². The van der Waals surface area contributed by atoms with Crippen LogP contribution in [0.3, 0.4) is 0 Å². The molecule has 3 aromatic rings. The molecule has 1 aliphatic heterocycles. The zero-order chi connectivity index (χ0) is 22.5. The molecule has 0 spiro atoms. The zero-order valence-corrected chi connectivity index (χ0v) is 17.9. The molecule has 2 N–H and O–H groups in total. The highest BCUT2D eigenvalue weighted by molar-refractivity contribution is 7.98. The van der Waals surface area contributed by atoms with Gasteiger partial charge < -0.3 is 10.6 Å². The van der Waals surface area contributed by atoms with Crippen molar-refractivity contribution in [3.05, 3.63) is 87.1 Å². The van der Waals surface area contributed by atoms with Gasteiger partial charge in [-0.25, -0.2) is 4.68 Å². The molecule has 0 radical (unpaired) electrons. The second-order valence-electron chi connectivity index (χ2n) is 7.27. The van der Waals surface area contributed by atoms with Gasteiger partial charge in [-0.2, -0.15) is 16.9 Å². The molecule has 0 unspecified atom stereocenters. The molecule has 10 heteroatoms. The summed E-state index contributed by atoms with van der Waals surface area (Å²) in [6, 6.07) is 15.4. The molecule has 0 saturated carbocycles. The van der Waals surface area contributed by atoms with E-state index in [0.29, 0.717) is 23.9 Å². The largest absolute Gasteiger partial charge is 0.354 e.